The molecular formula is C13H18N2. The molecule has 0 spiro atoms. The third-order valence-electron chi connectivity index (χ3n) is 2.49. The second-order valence-electron chi connectivity index (χ2n) is 3.78. The van der Waals surface area contributed by atoms with Crippen LogP contribution in [0.3, 0.4) is 0 Å². The van der Waals surface area contributed by atoms with Crippen LogP contribution in [0, 0.1) is 17.2 Å². The smallest absolute Gasteiger partial charge is 0.0666 e. The van der Waals surface area contributed by atoms with Gasteiger partial charge in [0.25, 0.3) is 0 Å². The lowest BCUT2D eigenvalue weighted by atomic mass is 10.1. The van der Waals surface area contributed by atoms with E-state index in [1.807, 2.05) is 6.92 Å². The van der Waals surface area contributed by atoms with Crippen LogP contribution >= 0.6 is 0 Å². The monoisotopic (exact) mass is 202 g/mol. The quantitative estimate of drug-likeness (QED) is 0.796. The van der Waals surface area contributed by atoms with Gasteiger partial charge >= 0.3 is 0 Å². The van der Waals surface area contributed by atoms with E-state index in [2.05, 4.69) is 42.6 Å². The van der Waals surface area contributed by atoms with Crippen LogP contribution in [0.1, 0.15) is 25.0 Å². The standard InChI is InChI=1S/C13H18N2/c1-3-12-6-4-5-7-13(12)10-15-9-11(2)8-14/h4-7,11,15H,3,9-10H2,1-2H3. The van der Waals surface area contributed by atoms with E-state index in [4.69, 9.17) is 5.26 Å². The molecule has 1 aromatic carbocycles. The highest BCUT2D eigenvalue weighted by atomic mass is 14.9. The van der Waals surface area contributed by atoms with E-state index in [9.17, 15) is 0 Å². The fraction of sp³-hybridized carbons (Fsp3) is 0.462. The van der Waals surface area contributed by atoms with Crippen molar-refractivity contribution in [2.75, 3.05) is 6.54 Å². The number of hydrogen-bond donors (Lipinski definition) is 1. The minimum Gasteiger partial charge on any atom is -0.311 e. The van der Waals surface area contributed by atoms with Gasteiger partial charge < -0.3 is 5.32 Å². The first-order valence-corrected chi connectivity index (χ1v) is 5.45. The zero-order valence-corrected chi connectivity index (χ0v) is 9.46. The minimum atomic E-state index is 0.0822. The molecule has 0 saturated heterocycles. The van der Waals surface area contributed by atoms with Crippen molar-refractivity contribution in [3.63, 3.8) is 0 Å². The molecule has 0 bridgehead atoms. The van der Waals surface area contributed by atoms with E-state index in [1.165, 1.54) is 11.1 Å². The lowest BCUT2D eigenvalue weighted by Gasteiger charge is -2.09. The van der Waals surface area contributed by atoms with Gasteiger partial charge in [0.1, 0.15) is 0 Å². The summed E-state index contributed by atoms with van der Waals surface area (Å²) in [7, 11) is 0. The number of nitrogens with zero attached hydrogens (tertiary/aromatic N) is 1. The Morgan fingerprint density at radius 1 is 1.33 bits per heavy atom. The SMILES string of the molecule is CCc1ccccc1CNCC(C)C#N. The topological polar surface area (TPSA) is 35.8 Å². The summed E-state index contributed by atoms with van der Waals surface area (Å²) >= 11 is 0. The van der Waals surface area contributed by atoms with Crippen molar-refractivity contribution in [3.05, 3.63) is 35.4 Å². The van der Waals surface area contributed by atoms with Crippen molar-refractivity contribution < 1.29 is 0 Å². The number of hydrogen-bond acceptors (Lipinski definition) is 2. The summed E-state index contributed by atoms with van der Waals surface area (Å²) in [4.78, 5) is 0. The predicted octanol–water partition coefficient (Wildman–Crippen LogP) is 2.50. The molecular weight excluding hydrogens is 184 g/mol. The zero-order valence-electron chi connectivity index (χ0n) is 9.46. The van der Waals surface area contributed by atoms with Crippen molar-refractivity contribution in [2.24, 2.45) is 5.92 Å². The lowest BCUT2D eigenvalue weighted by Crippen LogP contribution is -2.20. The van der Waals surface area contributed by atoms with E-state index >= 15 is 0 Å². The molecule has 0 aromatic heterocycles. The number of nitriles is 1. The summed E-state index contributed by atoms with van der Waals surface area (Å²) in [5.74, 6) is 0.0822. The zero-order chi connectivity index (χ0) is 11.1. The highest BCUT2D eigenvalue weighted by molar-refractivity contribution is 5.26. The summed E-state index contributed by atoms with van der Waals surface area (Å²) in [6.45, 7) is 5.71. The van der Waals surface area contributed by atoms with Crippen LogP contribution in [0.2, 0.25) is 0 Å². The Morgan fingerprint density at radius 2 is 2.00 bits per heavy atom. The van der Waals surface area contributed by atoms with Crippen molar-refractivity contribution in [1.29, 1.82) is 5.26 Å². The summed E-state index contributed by atoms with van der Waals surface area (Å²) in [5.41, 5.74) is 2.72. The van der Waals surface area contributed by atoms with Crippen LogP contribution in [0.4, 0.5) is 0 Å². The van der Waals surface area contributed by atoms with Crippen molar-refractivity contribution in [2.45, 2.75) is 26.8 Å². The average molecular weight is 202 g/mol. The normalized spacial score (nSPS) is 12.1. The van der Waals surface area contributed by atoms with Crippen molar-refractivity contribution in [3.8, 4) is 6.07 Å². The van der Waals surface area contributed by atoms with E-state index in [0.717, 1.165) is 19.5 Å². The van der Waals surface area contributed by atoms with Crippen LogP contribution in [-0.4, -0.2) is 6.54 Å². The molecule has 0 fully saturated rings. The molecule has 1 rings (SSSR count). The summed E-state index contributed by atoms with van der Waals surface area (Å²) in [6, 6.07) is 10.6. The maximum atomic E-state index is 8.64. The second kappa shape index (κ2) is 6.21. The molecule has 1 unspecified atom stereocenters. The first-order chi connectivity index (χ1) is 7.27. The summed E-state index contributed by atoms with van der Waals surface area (Å²) in [5, 5.41) is 11.9. The number of nitrogens with one attached hydrogen (secondary N) is 1. The molecule has 2 heteroatoms. The van der Waals surface area contributed by atoms with E-state index in [1.54, 1.807) is 0 Å². The minimum absolute atomic E-state index is 0.0822. The van der Waals surface area contributed by atoms with Crippen molar-refractivity contribution in [1.82, 2.24) is 5.32 Å². The second-order valence-corrected chi connectivity index (χ2v) is 3.78. The first-order valence-electron chi connectivity index (χ1n) is 5.45. The van der Waals surface area contributed by atoms with E-state index in [-0.39, 0.29) is 5.92 Å². The molecule has 0 aliphatic carbocycles. The molecule has 2 nitrogen and oxygen atoms in total. The van der Waals surface area contributed by atoms with Gasteiger partial charge in [-0.1, -0.05) is 31.2 Å². The Morgan fingerprint density at radius 3 is 2.60 bits per heavy atom. The fourth-order valence-electron chi connectivity index (χ4n) is 1.54. The first kappa shape index (κ1) is 11.7. The Hall–Kier alpha value is -1.33. The van der Waals surface area contributed by atoms with Gasteiger partial charge in [-0.05, 0) is 24.5 Å². The van der Waals surface area contributed by atoms with Gasteiger partial charge in [-0.25, -0.2) is 0 Å². The van der Waals surface area contributed by atoms with Crippen LogP contribution in [-0.2, 0) is 13.0 Å². The Bertz CT molecular complexity index is 339. The lowest BCUT2D eigenvalue weighted by molar-refractivity contribution is 0.600. The molecule has 0 aliphatic rings. The number of benzene rings is 1. The van der Waals surface area contributed by atoms with E-state index in [0.29, 0.717) is 0 Å². The van der Waals surface area contributed by atoms with Crippen LogP contribution in [0.5, 0.6) is 0 Å². The van der Waals surface area contributed by atoms with Crippen LogP contribution < -0.4 is 5.32 Å². The molecule has 0 saturated carbocycles. The molecule has 80 valence electrons. The predicted molar refractivity (Wildman–Crippen MR) is 62.3 cm³/mol. The Kier molecular flexibility index (Phi) is 4.86. The van der Waals surface area contributed by atoms with Crippen LogP contribution in [0.15, 0.2) is 24.3 Å². The maximum Gasteiger partial charge on any atom is 0.0666 e. The van der Waals surface area contributed by atoms with Crippen LogP contribution in [0.25, 0.3) is 0 Å². The Balaban J connectivity index is 2.47. The molecule has 0 heterocycles. The number of aryl methyl sites for hydroxylation is 1. The van der Waals surface area contributed by atoms with Gasteiger partial charge in [-0.2, -0.15) is 5.26 Å². The van der Waals surface area contributed by atoms with Gasteiger partial charge in [0.05, 0.1) is 12.0 Å². The van der Waals surface area contributed by atoms with Gasteiger partial charge in [-0.3, -0.25) is 0 Å². The third kappa shape index (κ3) is 3.73. The van der Waals surface area contributed by atoms with Gasteiger partial charge in [0, 0.05) is 13.1 Å². The highest BCUT2D eigenvalue weighted by Gasteiger charge is 2.01. The summed E-state index contributed by atoms with van der Waals surface area (Å²) in [6.07, 6.45) is 1.06. The molecule has 1 atom stereocenters. The number of rotatable bonds is 5. The summed E-state index contributed by atoms with van der Waals surface area (Å²) < 4.78 is 0. The van der Waals surface area contributed by atoms with E-state index < -0.39 is 0 Å². The molecule has 15 heavy (non-hydrogen) atoms. The molecule has 0 radical (unpaired) electrons. The maximum absolute atomic E-state index is 8.64. The largest absolute Gasteiger partial charge is 0.311 e. The fourth-order valence-corrected chi connectivity index (χ4v) is 1.54. The van der Waals surface area contributed by atoms with Gasteiger partial charge in [0.2, 0.25) is 0 Å². The van der Waals surface area contributed by atoms with Crippen molar-refractivity contribution >= 4 is 0 Å². The third-order valence-corrected chi connectivity index (χ3v) is 2.49. The molecule has 0 amide bonds. The molecule has 1 aromatic rings. The van der Waals surface area contributed by atoms with Gasteiger partial charge in [0.15, 0.2) is 0 Å². The highest BCUT2D eigenvalue weighted by Crippen LogP contribution is 2.08. The average Bonchev–Trinajstić information content (AvgIpc) is 2.29. The molecule has 0 aliphatic heterocycles. The van der Waals surface area contributed by atoms with Gasteiger partial charge in [-0.15, -0.1) is 0 Å². The molecule has 1 N–H and O–H groups in total. The Labute approximate surface area is 91.9 Å².